The van der Waals surface area contributed by atoms with Crippen LogP contribution < -0.4 is 9.47 Å². The minimum absolute atomic E-state index is 0.174. The average molecular weight is 388 g/mol. The van der Waals surface area contributed by atoms with Crippen LogP contribution in [-0.2, 0) is 0 Å². The fourth-order valence-corrected chi connectivity index (χ4v) is 2.64. The molecule has 0 atom stereocenters. The third kappa shape index (κ3) is 4.68. The van der Waals surface area contributed by atoms with Crippen molar-refractivity contribution in [3.8, 4) is 11.5 Å². The first-order valence-corrected chi connectivity index (χ1v) is 8.86. The fourth-order valence-electron chi connectivity index (χ4n) is 2.64. The van der Waals surface area contributed by atoms with Crippen LogP contribution >= 0.6 is 0 Å². The van der Waals surface area contributed by atoms with Gasteiger partial charge in [0, 0.05) is 17.2 Å². The number of aliphatic hydroxyl groups is 1. The Labute approximate surface area is 168 Å². The molecule has 0 saturated carbocycles. The van der Waals surface area contributed by atoms with E-state index in [0.29, 0.717) is 28.3 Å². The number of Topliss-reactive ketones (excluding diaryl/α,β-unsaturated/α-hetero) is 1. The summed E-state index contributed by atoms with van der Waals surface area (Å²) in [4.78, 5) is 13.0. The minimum Gasteiger partial charge on any atom is -0.505 e. The number of ether oxygens (including phenoxy) is 2. The Morgan fingerprint density at radius 3 is 2.03 bits per heavy atom. The quantitative estimate of drug-likeness (QED) is 0.247. The first-order chi connectivity index (χ1) is 14.1. The zero-order chi connectivity index (χ0) is 20.6. The van der Waals surface area contributed by atoms with Gasteiger partial charge in [0.15, 0.2) is 11.5 Å². The molecule has 0 unspecified atom stereocenters. The number of rotatable bonds is 7. The Hall–Kier alpha value is -3.93. The van der Waals surface area contributed by atoms with E-state index in [2.05, 4.69) is 10.2 Å². The number of carbonyl (C=O) groups is 1. The lowest BCUT2D eigenvalue weighted by Crippen LogP contribution is -2.04. The van der Waals surface area contributed by atoms with E-state index in [4.69, 9.17) is 9.47 Å². The van der Waals surface area contributed by atoms with Gasteiger partial charge in [-0.2, -0.15) is 0 Å². The van der Waals surface area contributed by atoms with E-state index >= 15 is 0 Å². The molecule has 0 aliphatic heterocycles. The van der Waals surface area contributed by atoms with Gasteiger partial charge in [-0.3, -0.25) is 4.79 Å². The van der Waals surface area contributed by atoms with Crippen LogP contribution in [0.1, 0.15) is 15.9 Å². The van der Waals surface area contributed by atoms with Gasteiger partial charge in [0.1, 0.15) is 17.2 Å². The van der Waals surface area contributed by atoms with Gasteiger partial charge in [0.2, 0.25) is 5.78 Å². The second-order valence-electron chi connectivity index (χ2n) is 6.00. The van der Waals surface area contributed by atoms with E-state index in [0.717, 1.165) is 0 Å². The molecule has 146 valence electrons. The van der Waals surface area contributed by atoms with Crippen LogP contribution in [0, 0.1) is 0 Å². The first-order valence-electron chi connectivity index (χ1n) is 8.86. The molecule has 3 aromatic carbocycles. The maximum Gasteiger partial charge on any atom is 0.217 e. The Morgan fingerprint density at radius 2 is 1.45 bits per heavy atom. The smallest absolute Gasteiger partial charge is 0.217 e. The molecule has 0 aromatic heterocycles. The monoisotopic (exact) mass is 388 g/mol. The molecule has 0 heterocycles. The molecule has 0 amide bonds. The van der Waals surface area contributed by atoms with Crippen LogP contribution in [-0.4, -0.2) is 25.1 Å². The molecule has 6 heteroatoms. The second kappa shape index (κ2) is 9.32. The summed E-state index contributed by atoms with van der Waals surface area (Å²) in [7, 11) is 3.04. The van der Waals surface area contributed by atoms with Gasteiger partial charge in [-0.05, 0) is 12.1 Å². The zero-order valence-electron chi connectivity index (χ0n) is 16.1. The second-order valence-corrected chi connectivity index (χ2v) is 6.00. The highest BCUT2D eigenvalue weighted by Gasteiger charge is 2.19. The molecule has 0 spiro atoms. The number of hydrogen-bond acceptors (Lipinski definition) is 6. The molecule has 0 saturated heterocycles. The topological polar surface area (TPSA) is 80.5 Å². The Balaban J connectivity index is 2.10. The molecule has 3 rings (SSSR count). The van der Waals surface area contributed by atoms with Crippen molar-refractivity contribution in [2.24, 2.45) is 10.2 Å². The molecule has 6 nitrogen and oxygen atoms in total. The molecule has 0 aliphatic rings. The summed E-state index contributed by atoms with van der Waals surface area (Å²) in [6, 6.07) is 22.4. The number of benzene rings is 3. The summed E-state index contributed by atoms with van der Waals surface area (Å²) in [5.74, 6) is 0.315. The minimum atomic E-state index is -0.447. The predicted octanol–water partition coefficient (Wildman–Crippen LogP) is 5.60. The number of allylic oxidation sites excluding steroid dienone is 1. The van der Waals surface area contributed by atoms with Crippen molar-refractivity contribution in [2.45, 2.75) is 0 Å². The average Bonchev–Trinajstić information content (AvgIpc) is 2.79. The lowest BCUT2D eigenvalue weighted by atomic mass is 10.1. The van der Waals surface area contributed by atoms with E-state index < -0.39 is 5.78 Å². The molecule has 3 aromatic rings. The number of methoxy groups -OCH3 is 2. The largest absolute Gasteiger partial charge is 0.505 e. The van der Waals surface area contributed by atoms with E-state index in [-0.39, 0.29) is 11.5 Å². The van der Waals surface area contributed by atoms with Crippen molar-refractivity contribution in [3.05, 3.63) is 95.7 Å². The number of hydrogen-bond donors (Lipinski definition) is 1. The molecular formula is C23H20N2O4. The van der Waals surface area contributed by atoms with Gasteiger partial charge in [-0.15, -0.1) is 10.2 Å². The SMILES string of the molecule is COc1ccc(OC)c(N=N/C(C(=O)c2ccccc2)=C(\O)c2ccccc2)c1. The molecule has 1 N–H and O–H groups in total. The number of nitrogens with zero attached hydrogens (tertiary/aromatic N) is 2. The fraction of sp³-hybridized carbons (Fsp3) is 0.0870. The third-order valence-corrected chi connectivity index (χ3v) is 4.17. The highest BCUT2D eigenvalue weighted by molar-refractivity contribution is 6.12. The van der Waals surface area contributed by atoms with Gasteiger partial charge in [0.05, 0.1) is 14.2 Å². The van der Waals surface area contributed by atoms with Crippen LogP contribution in [0.15, 0.2) is 94.8 Å². The molecule has 0 aliphatic carbocycles. The van der Waals surface area contributed by atoms with Gasteiger partial charge in [-0.1, -0.05) is 60.7 Å². The third-order valence-electron chi connectivity index (χ3n) is 4.17. The Bertz CT molecular complexity index is 1040. The Kier molecular flexibility index (Phi) is 6.37. The van der Waals surface area contributed by atoms with Crippen LogP contribution in [0.2, 0.25) is 0 Å². The van der Waals surface area contributed by atoms with Gasteiger partial charge in [0.25, 0.3) is 0 Å². The molecule has 0 fully saturated rings. The normalized spacial score (nSPS) is 11.8. The summed E-state index contributed by atoms with van der Waals surface area (Å²) in [5.41, 5.74) is 1.04. The van der Waals surface area contributed by atoms with Crippen LogP contribution in [0.5, 0.6) is 11.5 Å². The van der Waals surface area contributed by atoms with Gasteiger partial charge in [-0.25, -0.2) is 0 Å². The van der Waals surface area contributed by atoms with Crippen LogP contribution in [0.3, 0.4) is 0 Å². The molecule has 29 heavy (non-hydrogen) atoms. The number of carbonyl (C=O) groups excluding carboxylic acids is 1. The predicted molar refractivity (Wildman–Crippen MR) is 111 cm³/mol. The van der Waals surface area contributed by atoms with E-state index in [1.54, 1.807) is 72.8 Å². The van der Waals surface area contributed by atoms with Crippen molar-refractivity contribution in [1.29, 1.82) is 0 Å². The summed E-state index contributed by atoms with van der Waals surface area (Å²) in [6.45, 7) is 0. The van der Waals surface area contributed by atoms with Gasteiger partial charge >= 0.3 is 0 Å². The molecule has 0 radical (unpaired) electrons. The van der Waals surface area contributed by atoms with Crippen molar-refractivity contribution < 1.29 is 19.4 Å². The summed E-state index contributed by atoms with van der Waals surface area (Å²) < 4.78 is 10.5. The van der Waals surface area contributed by atoms with E-state index in [1.165, 1.54) is 14.2 Å². The Morgan fingerprint density at radius 1 is 0.828 bits per heavy atom. The summed E-state index contributed by atoms with van der Waals surface area (Å²) in [6.07, 6.45) is 0. The lowest BCUT2D eigenvalue weighted by Gasteiger charge is -2.08. The zero-order valence-corrected chi connectivity index (χ0v) is 16.1. The van der Waals surface area contributed by atoms with Crippen LogP contribution in [0.25, 0.3) is 5.76 Å². The summed E-state index contributed by atoms with van der Waals surface area (Å²) >= 11 is 0. The van der Waals surface area contributed by atoms with Crippen molar-refractivity contribution in [3.63, 3.8) is 0 Å². The number of aliphatic hydroxyl groups excluding tert-OH is 1. The number of azo groups is 1. The van der Waals surface area contributed by atoms with Gasteiger partial charge < -0.3 is 14.6 Å². The maximum atomic E-state index is 13.0. The van der Waals surface area contributed by atoms with E-state index in [1.807, 2.05) is 6.07 Å². The van der Waals surface area contributed by atoms with E-state index in [9.17, 15) is 9.90 Å². The maximum absolute atomic E-state index is 13.0. The van der Waals surface area contributed by atoms with Crippen molar-refractivity contribution >= 4 is 17.2 Å². The van der Waals surface area contributed by atoms with Crippen LogP contribution in [0.4, 0.5) is 5.69 Å². The molecule has 0 bridgehead atoms. The highest BCUT2D eigenvalue weighted by Crippen LogP contribution is 2.33. The standard InChI is InChI=1S/C23H20N2O4/c1-28-18-13-14-20(29-2)19(15-18)24-25-21(22(26)16-9-5-3-6-10-16)23(27)17-11-7-4-8-12-17/h3-15,26H,1-2H3/b22-21-,25-24?. The van der Waals surface area contributed by atoms with Crippen molar-refractivity contribution in [2.75, 3.05) is 14.2 Å². The highest BCUT2D eigenvalue weighted by atomic mass is 16.5. The van der Waals surface area contributed by atoms with Crippen molar-refractivity contribution in [1.82, 2.24) is 0 Å². The summed E-state index contributed by atoms with van der Waals surface area (Å²) in [5, 5.41) is 19.0. The lowest BCUT2D eigenvalue weighted by molar-refractivity contribution is 0.103. The molecular weight excluding hydrogens is 368 g/mol. The first kappa shape index (κ1) is 19.8. The number of ketones is 1.